The summed E-state index contributed by atoms with van der Waals surface area (Å²) in [5.41, 5.74) is 28.7. The van der Waals surface area contributed by atoms with Gasteiger partial charge in [0.25, 0.3) is 0 Å². The summed E-state index contributed by atoms with van der Waals surface area (Å²) in [5, 5.41) is 13.9. The first-order chi connectivity index (χ1) is 60.4. The minimum atomic E-state index is -1.68. The Kier molecular flexibility index (Phi) is 18.1. The molecule has 6 heterocycles. The van der Waals surface area contributed by atoms with E-state index in [0.29, 0.717) is 5.82 Å². The first-order valence-electron chi connectivity index (χ1n) is 42.3. The fourth-order valence-electron chi connectivity index (χ4n) is 18.3. The molecule has 0 N–H and O–H groups in total. The summed E-state index contributed by atoms with van der Waals surface area (Å²) in [6.07, 6.45) is 0. The van der Waals surface area contributed by atoms with Crippen molar-refractivity contribution >= 4 is 111 Å². The number of aromatic nitrogens is 8. The third-order valence-electron chi connectivity index (χ3n) is 25.6. The van der Waals surface area contributed by atoms with Gasteiger partial charge >= 0.3 is 0 Å². The van der Waals surface area contributed by atoms with Crippen molar-refractivity contribution in [1.82, 2.24) is 38.2 Å². The van der Waals surface area contributed by atoms with Crippen molar-refractivity contribution in [2.45, 2.75) is 38.9 Å². The maximum Gasteiger partial charge on any atom is 0.160 e. The van der Waals surface area contributed by atoms with Gasteiger partial charge in [0, 0.05) is 98.9 Å². The van der Waals surface area contributed by atoms with Crippen LogP contribution in [0.25, 0.3) is 211 Å². The number of hydrogen-bond acceptors (Lipinski definition) is 4. The van der Waals surface area contributed by atoms with Gasteiger partial charge in [0.1, 0.15) is 0 Å². The minimum Gasteiger partial charge on any atom is -0.309 e. The summed E-state index contributed by atoms with van der Waals surface area (Å²) in [6, 6.07) is 150. The van der Waals surface area contributed by atoms with Crippen molar-refractivity contribution in [1.29, 1.82) is 0 Å². The second-order valence-corrected chi connectivity index (χ2v) is 39.0. The molecule has 17 aromatic carbocycles. The van der Waals surface area contributed by atoms with E-state index in [1.807, 2.05) is 42.5 Å². The van der Waals surface area contributed by atoms with E-state index in [2.05, 4.69) is 428 Å². The molecule has 0 aliphatic carbocycles. The molecule has 23 rings (SSSR count). The number of fused-ring (bicyclic) bond motifs is 13. The van der Waals surface area contributed by atoms with Crippen LogP contribution in [0.3, 0.4) is 0 Å². The van der Waals surface area contributed by atoms with Gasteiger partial charge in [-0.3, -0.25) is 0 Å². The fraction of sp³-hybridized carbons (Fsp3) is 0.0526. The standard InChI is InChI=1S/C58H48N4Si.C56H36N4/c1-58(2,3)63(4,5)46-32-26-40(27-33-46)52-38-51(59-57(60-52)41-16-8-6-9-17-41)39-24-30-45(31-25-39)62-54-23-15-13-21-48(54)50-37-43(29-35-56(50)62)42-28-34-55-49(36-42)47-20-12-14-22-53(47)61(55)44-18-10-7-11-19-44;1-4-16-37(17-5-1)49-36-50(58-56(57-49)38-18-6-2-7-19-38)43-30-33-53(44-23-11-10-22-42(43)44)60-52-27-15-13-25-46(52)48-35-40(29-32-55(48)60)39-28-31-54-47(34-39)45-24-12-14-26-51(45)59(54)41-20-8-3-9-21-41/h6-38H,1-5H3;1-36H. The molecule has 0 spiro atoms. The van der Waals surface area contributed by atoms with E-state index >= 15 is 0 Å². The van der Waals surface area contributed by atoms with E-state index in [0.717, 1.165) is 89.8 Å². The first kappa shape index (κ1) is 73.9. The highest BCUT2D eigenvalue weighted by Gasteiger charge is 2.37. The monoisotopic (exact) mass is 1590 g/mol. The van der Waals surface area contributed by atoms with Crippen LogP contribution in [0.2, 0.25) is 18.1 Å². The van der Waals surface area contributed by atoms with Gasteiger partial charge in [-0.1, -0.05) is 330 Å². The summed E-state index contributed by atoms with van der Waals surface area (Å²) >= 11 is 0. The van der Waals surface area contributed by atoms with E-state index < -0.39 is 8.07 Å². The van der Waals surface area contributed by atoms with Crippen LogP contribution >= 0.6 is 0 Å². The van der Waals surface area contributed by atoms with Crippen molar-refractivity contribution in [3.05, 3.63) is 419 Å². The highest BCUT2D eigenvalue weighted by atomic mass is 28.3. The van der Waals surface area contributed by atoms with E-state index in [1.54, 1.807) is 0 Å². The third kappa shape index (κ3) is 13.0. The smallest absolute Gasteiger partial charge is 0.160 e. The zero-order valence-electron chi connectivity index (χ0n) is 68.9. The molecule has 584 valence electrons. The summed E-state index contributed by atoms with van der Waals surface area (Å²) in [4.78, 5) is 20.6. The highest BCUT2D eigenvalue weighted by Crippen LogP contribution is 2.45. The Bertz CT molecular complexity index is 7960. The molecule has 0 atom stereocenters. The molecular weight excluding hydrogens is 1510 g/mol. The molecule has 0 aliphatic rings. The van der Waals surface area contributed by atoms with Gasteiger partial charge in [-0.15, -0.1) is 0 Å². The van der Waals surface area contributed by atoms with Crippen molar-refractivity contribution in [2.75, 3.05) is 0 Å². The quantitative estimate of drug-likeness (QED) is 0.108. The van der Waals surface area contributed by atoms with Crippen molar-refractivity contribution < 1.29 is 0 Å². The molecule has 0 amide bonds. The maximum atomic E-state index is 5.21. The van der Waals surface area contributed by atoms with Crippen LogP contribution in [0.4, 0.5) is 0 Å². The Hall–Kier alpha value is -15.4. The molecule has 8 nitrogen and oxygen atoms in total. The maximum absolute atomic E-state index is 5.21. The first-order valence-corrected chi connectivity index (χ1v) is 45.3. The van der Waals surface area contributed by atoms with E-state index in [4.69, 9.17) is 19.9 Å². The molecule has 0 saturated carbocycles. The Balaban J connectivity index is 0.000000147. The van der Waals surface area contributed by atoms with Crippen LogP contribution in [0.15, 0.2) is 419 Å². The Morgan fingerprint density at radius 3 is 0.870 bits per heavy atom. The molecule has 0 aliphatic heterocycles. The molecule has 0 bridgehead atoms. The van der Waals surface area contributed by atoms with Crippen LogP contribution in [0, 0.1) is 0 Å². The van der Waals surface area contributed by atoms with Gasteiger partial charge in [-0.05, 0) is 160 Å². The van der Waals surface area contributed by atoms with Crippen LogP contribution in [0.1, 0.15) is 20.8 Å². The predicted molar refractivity (Wildman–Crippen MR) is 519 cm³/mol. The Morgan fingerprint density at radius 2 is 0.480 bits per heavy atom. The summed E-state index contributed by atoms with van der Waals surface area (Å²) < 4.78 is 9.56. The number of rotatable bonds is 13. The lowest BCUT2D eigenvalue weighted by Gasteiger charge is -2.37. The Morgan fingerprint density at radius 1 is 0.203 bits per heavy atom. The number of hydrogen-bond donors (Lipinski definition) is 0. The van der Waals surface area contributed by atoms with Crippen LogP contribution < -0.4 is 5.19 Å². The zero-order chi connectivity index (χ0) is 82.4. The second-order valence-electron chi connectivity index (χ2n) is 33.7. The van der Waals surface area contributed by atoms with E-state index in [1.165, 1.54) is 120 Å². The van der Waals surface area contributed by atoms with Gasteiger partial charge < -0.3 is 18.3 Å². The zero-order valence-corrected chi connectivity index (χ0v) is 69.9. The van der Waals surface area contributed by atoms with Crippen molar-refractivity contribution in [2.24, 2.45) is 0 Å². The lowest BCUT2D eigenvalue weighted by Crippen LogP contribution is -2.49. The number of benzene rings is 17. The highest BCUT2D eigenvalue weighted by molar-refractivity contribution is 6.92. The molecule has 0 radical (unpaired) electrons. The van der Waals surface area contributed by atoms with Crippen LogP contribution in [-0.2, 0) is 0 Å². The third-order valence-corrected chi connectivity index (χ3v) is 31.1. The van der Waals surface area contributed by atoms with Gasteiger partial charge in [-0.25, -0.2) is 19.9 Å². The number of nitrogens with zero attached hydrogens (tertiary/aromatic N) is 8. The second kappa shape index (κ2) is 30.1. The molecule has 6 aromatic heterocycles. The van der Waals surface area contributed by atoms with Crippen LogP contribution in [0.5, 0.6) is 0 Å². The van der Waals surface area contributed by atoms with Gasteiger partial charge in [-0.2, -0.15) is 0 Å². The van der Waals surface area contributed by atoms with Gasteiger partial charge in [0.15, 0.2) is 11.6 Å². The number of para-hydroxylation sites is 6. The SMILES string of the molecule is CC(C)(C)[Si](C)(C)c1ccc(-c2cc(-c3ccc(-n4c5ccccc5c5cc(-c6ccc7c(c6)c6ccccc6n7-c6ccccc6)ccc54)cc3)nc(-c3ccccc3)n2)cc1.c1ccc(-c2cc(-c3ccc(-n4c5ccccc5c5cc(-c6ccc7c(c6)c6ccccc6n7-c6ccccc6)ccc54)c4ccccc34)nc(-c3ccccc3)n2)cc1. The molecule has 0 unspecified atom stereocenters. The van der Waals surface area contributed by atoms with Crippen molar-refractivity contribution in [3.8, 4) is 113 Å². The van der Waals surface area contributed by atoms with E-state index in [9.17, 15) is 0 Å². The lowest BCUT2D eigenvalue weighted by molar-refractivity contribution is 0.729. The fourth-order valence-corrected chi connectivity index (χ4v) is 20.2. The summed E-state index contributed by atoms with van der Waals surface area (Å²) in [5.74, 6) is 1.43. The minimum absolute atomic E-state index is 0.258. The molecule has 9 heteroatoms. The van der Waals surface area contributed by atoms with Crippen molar-refractivity contribution in [3.63, 3.8) is 0 Å². The average molecular weight is 1590 g/mol. The van der Waals surface area contributed by atoms with Crippen LogP contribution in [-0.4, -0.2) is 46.3 Å². The molecule has 0 fully saturated rings. The molecule has 23 aromatic rings. The average Bonchev–Trinajstić information content (AvgIpc) is 1.60. The lowest BCUT2D eigenvalue weighted by atomic mass is 9.98. The topological polar surface area (TPSA) is 71.3 Å². The molecule has 0 saturated heterocycles. The molecular formula is C114H84N8Si. The Labute approximate surface area is 714 Å². The van der Waals surface area contributed by atoms with Gasteiger partial charge in [0.2, 0.25) is 0 Å². The summed E-state index contributed by atoms with van der Waals surface area (Å²) in [7, 11) is -1.68. The van der Waals surface area contributed by atoms with E-state index in [-0.39, 0.29) is 5.04 Å². The predicted octanol–water partition coefficient (Wildman–Crippen LogP) is 29.5. The largest absolute Gasteiger partial charge is 0.309 e. The summed E-state index contributed by atoms with van der Waals surface area (Å²) in [6.45, 7) is 12.0. The molecule has 123 heavy (non-hydrogen) atoms. The normalized spacial score (nSPS) is 11.9. The van der Waals surface area contributed by atoms with Gasteiger partial charge in [0.05, 0.1) is 80.7 Å².